The third-order valence-corrected chi connectivity index (χ3v) is 6.92. The van der Waals surface area contributed by atoms with Crippen LogP contribution in [-0.4, -0.2) is 25.3 Å². The van der Waals surface area contributed by atoms with Gasteiger partial charge in [0.25, 0.3) is 0 Å². The summed E-state index contributed by atoms with van der Waals surface area (Å²) in [5.41, 5.74) is 2.14. The molecule has 0 bridgehead atoms. The zero-order valence-electron chi connectivity index (χ0n) is 12.9. The van der Waals surface area contributed by atoms with Gasteiger partial charge in [-0.15, -0.1) is 11.6 Å². The van der Waals surface area contributed by atoms with Crippen molar-refractivity contribution in [3.63, 3.8) is 0 Å². The van der Waals surface area contributed by atoms with Gasteiger partial charge in [0.15, 0.2) is 0 Å². The molecule has 3 nitrogen and oxygen atoms in total. The number of nitrogens with one attached hydrogen (secondary N) is 1. The SMILES string of the molecule is CC(C)(C)OC(=O)Nc1ccccc1C[Si](C)(C)CCl. The number of alkyl halides is 1. The highest BCUT2D eigenvalue weighted by molar-refractivity contribution is 6.82. The van der Waals surface area contributed by atoms with Crippen LogP contribution >= 0.6 is 11.6 Å². The molecule has 20 heavy (non-hydrogen) atoms. The second-order valence-electron chi connectivity index (χ2n) is 6.76. The first kappa shape index (κ1) is 17.0. The van der Waals surface area contributed by atoms with Crippen molar-refractivity contribution in [2.45, 2.75) is 45.5 Å². The van der Waals surface area contributed by atoms with E-state index < -0.39 is 19.8 Å². The maximum Gasteiger partial charge on any atom is 0.412 e. The Morgan fingerprint density at radius 1 is 1.30 bits per heavy atom. The number of amides is 1. The van der Waals surface area contributed by atoms with Crippen LogP contribution in [0.4, 0.5) is 10.5 Å². The summed E-state index contributed by atoms with van der Waals surface area (Å²) in [6.07, 6.45) is -0.421. The van der Waals surface area contributed by atoms with Gasteiger partial charge in [0.05, 0.1) is 8.07 Å². The van der Waals surface area contributed by atoms with Crippen LogP contribution in [0.5, 0.6) is 0 Å². The van der Waals surface area contributed by atoms with Gasteiger partial charge in [0.1, 0.15) is 5.60 Å². The molecule has 0 saturated heterocycles. The number of hydrogen-bond acceptors (Lipinski definition) is 2. The maximum absolute atomic E-state index is 11.9. The van der Waals surface area contributed by atoms with Crippen molar-refractivity contribution >= 4 is 31.5 Å². The van der Waals surface area contributed by atoms with Crippen molar-refractivity contribution in [3.05, 3.63) is 29.8 Å². The Hall–Kier alpha value is -1.00. The van der Waals surface area contributed by atoms with E-state index in [0.29, 0.717) is 5.50 Å². The number of para-hydroxylation sites is 1. The molecule has 0 aromatic heterocycles. The van der Waals surface area contributed by atoms with E-state index in [0.717, 1.165) is 17.3 Å². The summed E-state index contributed by atoms with van der Waals surface area (Å²) in [7, 11) is -1.47. The average molecular weight is 314 g/mol. The lowest BCUT2D eigenvalue weighted by Crippen LogP contribution is -2.33. The second-order valence-corrected chi connectivity index (χ2v) is 12.5. The van der Waals surface area contributed by atoms with Crippen molar-refractivity contribution in [3.8, 4) is 0 Å². The summed E-state index contributed by atoms with van der Waals surface area (Å²) in [6, 6.07) is 8.76. The van der Waals surface area contributed by atoms with Gasteiger partial charge in [-0.2, -0.15) is 0 Å². The molecule has 1 amide bonds. The molecule has 0 unspecified atom stereocenters. The molecule has 0 saturated carbocycles. The first-order valence-corrected chi connectivity index (χ1v) is 10.7. The minimum absolute atomic E-state index is 0.421. The van der Waals surface area contributed by atoms with Crippen LogP contribution in [0.25, 0.3) is 0 Å². The normalized spacial score (nSPS) is 12.1. The Kier molecular flexibility index (Phi) is 5.65. The minimum Gasteiger partial charge on any atom is -0.444 e. The predicted octanol–water partition coefficient (Wildman–Crippen LogP) is 4.60. The molecule has 0 heterocycles. The quantitative estimate of drug-likeness (QED) is 0.651. The molecule has 112 valence electrons. The highest BCUT2D eigenvalue weighted by Gasteiger charge is 2.22. The average Bonchev–Trinajstić information content (AvgIpc) is 2.29. The lowest BCUT2D eigenvalue weighted by Gasteiger charge is -2.23. The van der Waals surface area contributed by atoms with Gasteiger partial charge in [-0.05, 0) is 38.4 Å². The van der Waals surface area contributed by atoms with Gasteiger partial charge in [-0.1, -0.05) is 31.3 Å². The van der Waals surface area contributed by atoms with Crippen LogP contribution in [0.1, 0.15) is 26.3 Å². The minimum atomic E-state index is -1.47. The molecule has 0 radical (unpaired) electrons. The Morgan fingerprint density at radius 3 is 2.45 bits per heavy atom. The molecule has 0 atom stereocenters. The topological polar surface area (TPSA) is 38.3 Å². The Labute approximate surface area is 127 Å². The van der Waals surface area contributed by atoms with E-state index in [1.165, 1.54) is 0 Å². The van der Waals surface area contributed by atoms with E-state index >= 15 is 0 Å². The van der Waals surface area contributed by atoms with Gasteiger partial charge >= 0.3 is 6.09 Å². The second kappa shape index (κ2) is 6.63. The van der Waals surface area contributed by atoms with Crippen molar-refractivity contribution in [2.24, 2.45) is 0 Å². The van der Waals surface area contributed by atoms with Crippen LogP contribution < -0.4 is 5.32 Å². The van der Waals surface area contributed by atoms with Crippen molar-refractivity contribution in [2.75, 3.05) is 10.8 Å². The van der Waals surface area contributed by atoms with E-state index in [4.69, 9.17) is 16.3 Å². The fraction of sp³-hybridized carbons (Fsp3) is 0.533. The van der Waals surface area contributed by atoms with Crippen LogP contribution in [-0.2, 0) is 10.8 Å². The number of benzene rings is 1. The monoisotopic (exact) mass is 313 g/mol. The fourth-order valence-corrected chi connectivity index (χ4v) is 3.49. The number of carbonyl (C=O) groups is 1. The third-order valence-electron chi connectivity index (χ3n) is 2.68. The van der Waals surface area contributed by atoms with Crippen molar-refractivity contribution in [1.29, 1.82) is 0 Å². The number of anilines is 1. The molecule has 0 spiro atoms. The Balaban J connectivity index is 2.83. The third kappa shape index (κ3) is 5.97. The molecule has 0 fully saturated rings. The highest BCUT2D eigenvalue weighted by atomic mass is 35.5. The Bertz CT molecular complexity index is 469. The molecule has 1 N–H and O–H groups in total. The van der Waals surface area contributed by atoms with Crippen LogP contribution in [0.15, 0.2) is 24.3 Å². The van der Waals surface area contributed by atoms with E-state index in [2.05, 4.69) is 18.4 Å². The summed E-state index contributed by atoms with van der Waals surface area (Å²) in [5.74, 6) is 0. The summed E-state index contributed by atoms with van der Waals surface area (Å²) >= 11 is 6.04. The summed E-state index contributed by atoms with van der Waals surface area (Å²) < 4.78 is 5.29. The predicted molar refractivity (Wildman–Crippen MR) is 88.2 cm³/mol. The smallest absolute Gasteiger partial charge is 0.412 e. The van der Waals surface area contributed by atoms with Crippen molar-refractivity contribution < 1.29 is 9.53 Å². The van der Waals surface area contributed by atoms with E-state index in [1.807, 2.05) is 45.0 Å². The number of ether oxygens (including phenoxy) is 1. The molecule has 5 heteroatoms. The van der Waals surface area contributed by atoms with E-state index in [-0.39, 0.29) is 0 Å². The van der Waals surface area contributed by atoms with Gasteiger partial charge in [-0.3, -0.25) is 5.32 Å². The zero-order chi connectivity index (χ0) is 15.4. The van der Waals surface area contributed by atoms with Gasteiger partial charge in [0, 0.05) is 11.2 Å². The fourth-order valence-electron chi connectivity index (χ4n) is 1.77. The summed E-state index contributed by atoms with van der Waals surface area (Å²) in [6.45, 7) is 10.0. The zero-order valence-corrected chi connectivity index (χ0v) is 14.7. The van der Waals surface area contributed by atoms with Crippen LogP contribution in [0.3, 0.4) is 0 Å². The molecular formula is C15H24ClNO2Si. The largest absolute Gasteiger partial charge is 0.444 e. The van der Waals surface area contributed by atoms with Crippen molar-refractivity contribution in [1.82, 2.24) is 0 Å². The van der Waals surface area contributed by atoms with Gasteiger partial charge in [-0.25, -0.2) is 4.79 Å². The molecule has 1 aromatic rings. The lowest BCUT2D eigenvalue weighted by atomic mass is 10.2. The first-order chi connectivity index (χ1) is 9.13. The van der Waals surface area contributed by atoms with Crippen LogP contribution in [0.2, 0.25) is 13.1 Å². The molecule has 0 aliphatic heterocycles. The number of hydrogen-bond donors (Lipinski definition) is 1. The lowest BCUT2D eigenvalue weighted by molar-refractivity contribution is 0.0636. The molecular weight excluding hydrogens is 290 g/mol. The number of halogens is 1. The molecule has 0 aliphatic carbocycles. The summed E-state index contributed by atoms with van der Waals surface area (Å²) in [5, 5.41) is 2.83. The van der Waals surface area contributed by atoms with E-state index in [1.54, 1.807) is 0 Å². The highest BCUT2D eigenvalue weighted by Crippen LogP contribution is 2.22. The van der Waals surface area contributed by atoms with E-state index in [9.17, 15) is 4.79 Å². The number of rotatable bonds is 4. The van der Waals surface area contributed by atoms with Gasteiger partial charge < -0.3 is 4.74 Å². The first-order valence-electron chi connectivity index (χ1n) is 6.77. The van der Waals surface area contributed by atoms with Crippen LogP contribution in [0, 0.1) is 0 Å². The Morgan fingerprint density at radius 2 is 1.90 bits per heavy atom. The summed E-state index contributed by atoms with van der Waals surface area (Å²) in [4.78, 5) is 11.9. The molecule has 1 aromatic carbocycles. The molecule has 0 aliphatic rings. The standard InChI is InChI=1S/C15H24ClNO2Si/c1-15(2,3)19-14(18)17-13-9-7-6-8-12(13)10-20(4,5)11-16/h6-9H,10-11H2,1-5H3,(H,17,18). The maximum atomic E-state index is 11.9. The number of carbonyl (C=O) groups excluding carboxylic acids is 1. The molecule has 1 rings (SSSR count). The van der Waals surface area contributed by atoms with Gasteiger partial charge in [0.2, 0.25) is 0 Å².